The number of nitrogens with zero attached hydrogens (tertiary/aromatic N) is 1. The fourth-order valence-electron chi connectivity index (χ4n) is 3.52. The molecule has 1 N–H and O–H groups in total. The third kappa shape index (κ3) is 3.95. The Balaban J connectivity index is 1.74. The molecule has 6 nitrogen and oxygen atoms in total. The molecule has 6 heteroatoms. The van der Waals surface area contributed by atoms with Crippen molar-refractivity contribution in [2.75, 3.05) is 19.8 Å². The quantitative estimate of drug-likeness (QED) is 0.883. The number of aliphatic carboxylic acids is 1. The summed E-state index contributed by atoms with van der Waals surface area (Å²) in [4.78, 5) is 25.8. The van der Waals surface area contributed by atoms with Crippen LogP contribution >= 0.6 is 0 Å². The van der Waals surface area contributed by atoms with Gasteiger partial charge in [-0.25, -0.2) is 0 Å². The standard InChI is InChI=1S/C19H25NO5/c1-12-9-14-11-17(25-16(14)10-13(12)2)19(23)20(6-3-18(21)22)15-4-7-24-8-5-15/h9-10,15,17H,3-8,11H2,1-2H3,(H,21,22)/t17-/m0/s1. The number of carboxylic acids is 1. The third-order valence-corrected chi connectivity index (χ3v) is 5.11. The number of carboxylic acid groups (broad SMARTS) is 1. The first-order chi connectivity index (χ1) is 12.0. The molecule has 0 saturated carbocycles. The van der Waals surface area contributed by atoms with Crippen molar-refractivity contribution >= 4 is 11.9 Å². The molecule has 0 aliphatic carbocycles. The largest absolute Gasteiger partial charge is 0.481 e. The predicted octanol–water partition coefficient (Wildman–Crippen LogP) is 2.09. The molecule has 0 bridgehead atoms. The lowest BCUT2D eigenvalue weighted by Crippen LogP contribution is -2.49. The third-order valence-electron chi connectivity index (χ3n) is 5.11. The van der Waals surface area contributed by atoms with Gasteiger partial charge in [0.25, 0.3) is 5.91 Å². The summed E-state index contributed by atoms with van der Waals surface area (Å²) in [6.45, 7) is 5.49. The second-order valence-corrected chi connectivity index (χ2v) is 6.87. The SMILES string of the molecule is Cc1cc2c(cc1C)O[C@H](C(=O)N(CCC(=O)O)C1CCOCC1)C2. The second kappa shape index (κ2) is 7.44. The lowest BCUT2D eigenvalue weighted by molar-refractivity contribution is -0.144. The maximum absolute atomic E-state index is 13.1. The summed E-state index contributed by atoms with van der Waals surface area (Å²) < 4.78 is 11.3. The van der Waals surface area contributed by atoms with E-state index in [1.54, 1.807) is 4.90 Å². The van der Waals surface area contributed by atoms with E-state index in [0.717, 1.165) is 29.7 Å². The molecule has 3 rings (SSSR count). The molecule has 0 radical (unpaired) electrons. The highest BCUT2D eigenvalue weighted by molar-refractivity contribution is 5.83. The van der Waals surface area contributed by atoms with Crippen molar-refractivity contribution in [2.45, 2.75) is 51.7 Å². The summed E-state index contributed by atoms with van der Waals surface area (Å²) in [5, 5.41) is 9.02. The molecule has 2 aliphatic rings. The van der Waals surface area contributed by atoms with Crippen LogP contribution in [-0.4, -0.2) is 53.8 Å². The number of amides is 1. The number of benzene rings is 1. The maximum Gasteiger partial charge on any atom is 0.305 e. The summed E-state index contributed by atoms with van der Waals surface area (Å²) in [6.07, 6.45) is 1.41. The van der Waals surface area contributed by atoms with E-state index in [0.29, 0.717) is 19.6 Å². The second-order valence-electron chi connectivity index (χ2n) is 6.87. The molecule has 0 unspecified atom stereocenters. The highest BCUT2D eigenvalue weighted by Gasteiger charge is 2.36. The van der Waals surface area contributed by atoms with Gasteiger partial charge < -0.3 is 19.5 Å². The van der Waals surface area contributed by atoms with E-state index >= 15 is 0 Å². The van der Waals surface area contributed by atoms with Gasteiger partial charge in [-0.1, -0.05) is 6.07 Å². The van der Waals surface area contributed by atoms with Crippen LogP contribution in [0.15, 0.2) is 12.1 Å². The Kier molecular flexibility index (Phi) is 5.27. The summed E-state index contributed by atoms with van der Waals surface area (Å²) in [6, 6.07) is 4.08. The minimum absolute atomic E-state index is 0.0244. The zero-order valence-corrected chi connectivity index (χ0v) is 14.8. The zero-order valence-electron chi connectivity index (χ0n) is 14.8. The van der Waals surface area contributed by atoms with Gasteiger partial charge >= 0.3 is 5.97 Å². The van der Waals surface area contributed by atoms with Gasteiger partial charge in [0.05, 0.1) is 6.42 Å². The van der Waals surface area contributed by atoms with Crippen LogP contribution in [0.4, 0.5) is 0 Å². The Morgan fingerprint density at radius 3 is 2.56 bits per heavy atom. The maximum atomic E-state index is 13.1. The van der Waals surface area contributed by atoms with Crippen molar-refractivity contribution in [3.05, 3.63) is 28.8 Å². The first-order valence-electron chi connectivity index (χ1n) is 8.82. The van der Waals surface area contributed by atoms with Crippen LogP contribution in [-0.2, 0) is 20.7 Å². The van der Waals surface area contributed by atoms with Crippen molar-refractivity contribution in [1.82, 2.24) is 4.90 Å². The number of carbonyl (C=O) groups is 2. The Labute approximate surface area is 147 Å². The van der Waals surface area contributed by atoms with Crippen LogP contribution in [0, 0.1) is 13.8 Å². The smallest absolute Gasteiger partial charge is 0.305 e. The molecule has 1 aromatic rings. The lowest BCUT2D eigenvalue weighted by Gasteiger charge is -2.35. The number of hydrogen-bond donors (Lipinski definition) is 1. The summed E-state index contributed by atoms with van der Waals surface area (Å²) in [7, 11) is 0. The number of hydrogen-bond acceptors (Lipinski definition) is 4. The normalized spacial score (nSPS) is 20.0. The Morgan fingerprint density at radius 2 is 1.88 bits per heavy atom. The molecule has 2 aliphatic heterocycles. The molecule has 25 heavy (non-hydrogen) atoms. The van der Waals surface area contributed by atoms with Crippen molar-refractivity contribution in [1.29, 1.82) is 0 Å². The molecular formula is C19H25NO5. The van der Waals surface area contributed by atoms with Crippen molar-refractivity contribution in [2.24, 2.45) is 0 Å². The van der Waals surface area contributed by atoms with Crippen LogP contribution < -0.4 is 4.74 Å². The van der Waals surface area contributed by atoms with E-state index in [2.05, 4.69) is 6.07 Å². The molecule has 0 spiro atoms. The molecule has 1 fully saturated rings. The Bertz CT molecular complexity index is 635. The zero-order chi connectivity index (χ0) is 18.0. The predicted molar refractivity (Wildman–Crippen MR) is 91.8 cm³/mol. The molecule has 1 atom stereocenters. The first-order valence-corrected chi connectivity index (χ1v) is 8.82. The first kappa shape index (κ1) is 17.7. The van der Waals surface area contributed by atoms with Crippen LogP contribution in [0.5, 0.6) is 5.75 Å². The Hall–Kier alpha value is -2.08. The minimum Gasteiger partial charge on any atom is -0.481 e. The van der Waals surface area contributed by atoms with E-state index < -0.39 is 12.1 Å². The summed E-state index contributed by atoms with van der Waals surface area (Å²) >= 11 is 0. The molecule has 1 saturated heterocycles. The average Bonchev–Trinajstić information content (AvgIpc) is 2.99. The van der Waals surface area contributed by atoms with Gasteiger partial charge in [0.2, 0.25) is 0 Å². The van der Waals surface area contributed by atoms with Crippen LogP contribution in [0.1, 0.15) is 36.0 Å². The summed E-state index contributed by atoms with van der Waals surface area (Å²) in [5.41, 5.74) is 3.37. The topological polar surface area (TPSA) is 76.1 Å². The van der Waals surface area contributed by atoms with Gasteiger partial charge in [0.1, 0.15) is 5.75 Å². The van der Waals surface area contributed by atoms with Gasteiger partial charge in [-0.3, -0.25) is 9.59 Å². The van der Waals surface area contributed by atoms with E-state index in [4.69, 9.17) is 14.6 Å². The molecule has 1 amide bonds. The number of aryl methyl sites for hydroxylation is 2. The Morgan fingerprint density at radius 1 is 1.20 bits per heavy atom. The van der Waals surface area contributed by atoms with Gasteiger partial charge in [0, 0.05) is 32.2 Å². The number of rotatable bonds is 5. The fourth-order valence-corrected chi connectivity index (χ4v) is 3.52. The molecule has 136 valence electrons. The highest BCUT2D eigenvalue weighted by atomic mass is 16.5. The average molecular weight is 347 g/mol. The van der Waals surface area contributed by atoms with E-state index in [-0.39, 0.29) is 24.9 Å². The van der Waals surface area contributed by atoms with Crippen molar-refractivity contribution < 1.29 is 24.2 Å². The molecule has 2 heterocycles. The molecule has 0 aromatic heterocycles. The van der Waals surface area contributed by atoms with Gasteiger partial charge in [0.15, 0.2) is 6.10 Å². The van der Waals surface area contributed by atoms with Gasteiger partial charge in [-0.2, -0.15) is 0 Å². The van der Waals surface area contributed by atoms with Crippen molar-refractivity contribution in [3.8, 4) is 5.75 Å². The van der Waals surface area contributed by atoms with Crippen LogP contribution in [0.25, 0.3) is 0 Å². The van der Waals surface area contributed by atoms with Gasteiger partial charge in [-0.05, 0) is 49.4 Å². The van der Waals surface area contributed by atoms with Crippen LogP contribution in [0.2, 0.25) is 0 Å². The molecular weight excluding hydrogens is 322 g/mol. The summed E-state index contributed by atoms with van der Waals surface area (Å²) in [5.74, 6) is -0.238. The number of fused-ring (bicyclic) bond motifs is 1. The monoisotopic (exact) mass is 347 g/mol. The number of carbonyl (C=O) groups excluding carboxylic acids is 1. The van der Waals surface area contributed by atoms with Crippen molar-refractivity contribution in [3.63, 3.8) is 0 Å². The fraction of sp³-hybridized carbons (Fsp3) is 0.579. The molecule has 1 aromatic carbocycles. The van der Waals surface area contributed by atoms with E-state index in [1.165, 1.54) is 5.56 Å². The van der Waals surface area contributed by atoms with Crippen LogP contribution in [0.3, 0.4) is 0 Å². The highest BCUT2D eigenvalue weighted by Crippen LogP contribution is 2.32. The van der Waals surface area contributed by atoms with Gasteiger partial charge in [-0.15, -0.1) is 0 Å². The lowest BCUT2D eigenvalue weighted by atomic mass is 10.0. The van der Waals surface area contributed by atoms with E-state index in [9.17, 15) is 9.59 Å². The number of ether oxygens (including phenoxy) is 2. The van der Waals surface area contributed by atoms with E-state index in [1.807, 2.05) is 19.9 Å². The minimum atomic E-state index is -0.897.